The predicted octanol–water partition coefficient (Wildman–Crippen LogP) is 9.50. The summed E-state index contributed by atoms with van der Waals surface area (Å²) in [5.74, 6) is -0.824. The van der Waals surface area contributed by atoms with E-state index in [-0.39, 0.29) is 32.0 Å². The summed E-state index contributed by atoms with van der Waals surface area (Å²) in [4.78, 5) is 25.3. The van der Waals surface area contributed by atoms with Crippen LogP contribution in [0.2, 0.25) is 0 Å². The zero-order chi connectivity index (χ0) is 40.9. The summed E-state index contributed by atoms with van der Waals surface area (Å²) in [7, 11) is 0. The Balaban J connectivity index is 2.33. The van der Waals surface area contributed by atoms with Gasteiger partial charge in [0, 0.05) is 12.8 Å². The van der Waals surface area contributed by atoms with Crippen molar-refractivity contribution in [2.75, 3.05) is 19.8 Å². The number of rotatable bonds is 37. The molecule has 0 radical (unpaired) electrons. The molecule has 0 bridgehead atoms. The number of aliphatic hydroxyl groups is 4. The van der Waals surface area contributed by atoms with Gasteiger partial charge >= 0.3 is 11.9 Å². The van der Waals surface area contributed by atoms with Crippen LogP contribution in [0.3, 0.4) is 0 Å². The summed E-state index contributed by atoms with van der Waals surface area (Å²) in [5, 5.41) is 40.1. The van der Waals surface area contributed by atoms with Gasteiger partial charge in [0.15, 0.2) is 12.4 Å². The lowest BCUT2D eigenvalue weighted by molar-refractivity contribution is -0.305. The molecule has 4 N–H and O–H groups in total. The SMILES string of the molecule is CCCC/C=C/C/C=C/CCCCCCCC(=O)OC[C@H](CO[C@@H]1O[C@H](CO)[C@H](O)C(O)C1O)OC(=O)CCCCCCCCCCC/C=C/CCCCCC. The Morgan fingerprint density at radius 1 is 0.554 bits per heavy atom. The number of unbranched alkanes of at least 4 members (excludes halogenated alkanes) is 20. The third-order valence-electron chi connectivity index (χ3n) is 10.2. The van der Waals surface area contributed by atoms with Gasteiger partial charge in [-0.3, -0.25) is 9.59 Å². The molecule has 1 aliphatic heterocycles. The molecule has 0 saturated carbocycles. The molecule has 10 nitrogen and oxygen atoms in total. The number of hydrogen-bond donors (Lipinski definition) is 4. The number of aliphatic hydroxyl groups excluding tert-OH is 4. The van der Waals surface area contributed by atoms with E-state index in [4.69, 9.17) is 18.9 Å². The molecule has 1 aliphatic rings. The maximum Gasteiger partial charge on any atom is 0.306 e. The number of carbonyl (C=O) groups excluding carboxylic acids is 2. The van der Waals surface area contributed by atoms with Crippen LogP contribution in [0.25, 0.3) is 0 Å². The first-order valence-corrected chi connectivity index (χ1v) is 22.6. The molecule has 326 valence electrons. The fourth-order valence-corrected chi connectivity index (χ4v) is 6.61. The van der Waals surface area contributed by atoms with E-state index in [0.717, 1.165) is 64.2 Å². The number of carbonyl (C=O) groups is 2. The normalized spacial score (nSPS) is 20.7. The number of hydrogen-bond acceptors (Lipinski definition) is 10. The van der Waals surface area contributed by atoms with Crippen molar-refractivity contribution in [3.05, 3.63) is 36.5 Å². The van der Waals surface area contributed by atoms with Gasteiger partial charge in [0.1, 0.15) is 31.0 Å². The van der Waals surface area contributed by atoms with Crippen LogP contribution in [0.5, 0.6) is 0 Å². The molecule has 0 aromatic rings. The Morgan fingerprint density at radius 2 is 1.02 bits per heavy atom. The molecular formula is C46H82O10. The van der Waals surface area contributed by atoms with E-state index in [0.29, 0.717) is 12.8 Å². The maximum atomic E-state index is 12.8. The molecule has 1 heterocycles. The van der Waals surface area contributed by atoms with Gasteiger partial charge in [-0.05, 0) is 64.2 Å². The minimum absolute atomic E-state index is 0.225. The van der Waals surface area contributed by atoms with Crippen LogP contribution in [0.15, 0.2) is 36.5 Å². The first kappa shape index (κ1) is 51.9. The third-order valence-corrected chi connectivity index (χ3v) is 10.2. The van der Waals surface area contributed by atoms with Crippen molar-refractivity contribution in [1.29, 1.82) is 0 Å². The van der Waals surface area contributed by atoms with Crippen LogP contribution in [-0.2, 0) is 28.5 Å². The summed E-state index contributed by atoms with van der Waals surface area (Å²) < 4.78 is 22.1. The van der Waals surface area contributed by atoms with Crippen molar-refractivity contribution in [3.63, 3.8) is 0 Å². The minimum Gasteiger partial charge on any atom is -0.462 e. The highest BCUT2D eigenvalue weighted by Crippen LogP contribution is 2.22. The minimum atomic E-state index is -1.60. The molecule has 1 fully saturated rings. The molecule has 0 aliphatic carbocycles. The summed E-state index contributed by atoms with van der Waals surface area (Å²) in [6.45, 7) is 3.36. The fraction of sp³-hybridized carbons (Fsp3) is 0.826. The molecule has 0 amide bonds. The molecular weight excluding hydrogens is 712 g/mol. The zero-order valence-electron chi connectivity index (χ0n) is 35.4. The summed E-state index contributed by atoms with van der Waals surface area (Å²) >= 11 is 0. The van der Waals surface area contributed by atoms with E-state index in [9.17, 15) is 30.0 Å². The lowest BCUT2D eigenvalue weighted by atomic mass is 9.99. The second-order valence-corrected chi connectivity index (χ2v) is 15.5. The first-order chi connectivity index (χ1) is 27.3. The van der Waals surface area contributed by atoms with Gasteiger partial charge in [0.2, 0.25) is 0 Å². The molecule has 56 heavy (non-hydrogen) atoms. The van der Waals surface area contributed by atoms with Crippen molar-refractivity contribution >= 4 is 11.9 Å². The second kappa shape index (κ2) is 37.2. The van der Waals surface area contributed by atoms with Crippen LogP contribution >= 0.6 is 0 Å². The molecule has 2 unspecified atom stereocenters. The topological polar surface area (TPSA) is 152 Å². The van der Waals surface area contributed by atoms with Crippen LogP contribution in [0, 0.1) is 0 Å². The van der Waals surface area contributed by atoms with Gasteiger partial charge < -0.3 is 39.4 Å². The summed E-state index contributed by atoms with van der Waals surface area (Å²) in [6.07, 6.45) is 34.3. The van der Waals surface area contributed by atoms with Gasteiger partial charge in [-0.2, -0.15) is 0 Å². The molecule has 10 heteroatoms. The number of esters is 2. The summed E-state index contributed by atoms with van der Waals surface area (Å²) in [6, 6.07) is 0. The number of allylic oxidation sites excluding steroid dienone is 6. The average Bonchev–Trinajstić information content (AvgIpc) is 3.19. The maximum absolute atomic E-state index is 12.8. The molecule has 6 atom stereocenters. The predicted molar refractivity (Wildman–Crippen MR) is 224 cm³/mol. The van der Waals surface area contributed by atoms with Crippen molar-refractivity contribution in [1.82, 2.24) is 0 Å². The van der Waals surface area contributed by atoms with Gasteiger partial charge in [-0.1, -0.05) is 147 Å². The highest BCUT2D eigenvalue weighted by molar-refractivity contribution is 5.70. The van der Waals surface area contributed by atoms with Crippen molar-refractivity contribution in [2.45, 2.75) is 224 Å². The van der Waals surface area contributed by atoms with Gasteiger partial charge in [-0.25, -0.2) is 0 Å². The Morgan fingerprint density at radius 3 is 1.55 bits per heavy atom. The molecule has 0 spiro atoms. The first-order valence-electron chi connectivity index (χ1n) is 22.6. The van der Waals surface area contributed by atoms with Crippen LogP contribution < -0.4 is 0 Å². The Bertz CT molecular complexity index is 1010. The lowest BCUT2D eigenvalue weighted by Gasteiger charge is -2.39. The van der Waals surface area contributed by atoms with E-state index in [2.05, 4.69) is 50.3 Å². The van der Waals surface area contributed by atoms with Crippen LogP contribution in [0.1, 0.15) is 187 Å². The fourth-order valence-electron chi connectivity index (χ4n) is 6.61. The number of ether oxygens (including phenoxy) is 4. The molecule has 1 saturated heterocycles. The quantitative estimate of drug-likeness (QED) is 0.0272. The van der Waals surface area contributed by atoms with Gasteiger partial charge in [-0.15, -0.1) is 0 Å². The van der Waals surface area contributed by atoms with Gasteiger partial charge in [0.25, 0.3) is 0 Å². The second-order valence-electron chi connectivity index (χ2n) is 15.5. The Labute approximate surface area is 340 Å². The van der Waals surface area contributed by atoms with Gasteiger partial charge in [0.05, 0.1) is 13.2 Å². The van der Waals surface area contributed by atoms with Crippen LogP contribution in [0.4, 0.5) is 0 Å². The third kappa shape index (κ3) is 28.3. The largest absolute Gasteiger partial charge is 0.462 e. The average molecular weight is 795 g/mol. The van der Waals surface area contributed by atoms with Crippen molar-refractivity contribution < 1.29 is 49.0 Å². The van der Waals surface area contributed by atoms with Crippen molar-refractivity contribution in [2.24, 2.45) is 0 Å². The van der Waals surface area contributed by atoms with E-state index in [1.807, 2.05) is 0 Å². The highest BCUT2D eigenvalue weighted by Gasteiger charge is 2.44. The molecule has 1 rings (SSSR count). The standard InChI is InChI=1S/C46H82O10/c1-3-5-7-9-11-13-15-17-19-20-21-23-25-27-29-31-33-35-42(49)55-39(38-54-46-45(52)44(51)43(50)40(36-47)56-46)37-53-41(48)34-32-30-28-26-24-22-18-16-14-12-10-8-6-4-2/h10,12-13,15-16,18,39-40,43-47,50-52H,3-9,11,14,17,19-38H2,1-2H3/b12-10+,15-13+,18-16+/t39-,40-,43+,44?,45?,46-/m1/s1. The molecule has 0 aromatic heterocycles. The Kier molecular flexibility index (Phi) is 34.5. The monoisotopic (exact) mass is 795 g/mol. The van der Waals surface area contributed by atoms with Crippen molar-refractivity contribution in [3.8, 4) is 0 Å². The van der Waals surface area contributed by atoms with E-state index >= 15 is 0 Å². The molecule has 0 aromatic carbocycles. The Hall–Kier alpha value is -2.08. The smallest absolute Gasteiger partial charge is 0.306 e. The summed E-state index contributed by atoms with van der Waals surface area (Å²) in [5.41, 5.74) is 0. The highest BCUT2D eigenvalue weighted by atomic mass is 16.7. The zero-order valence-corrected chi connectivity index (χ0v) is 35.4. The lowest BCUT2D eigenvalue weighted by Crippen LogP contribution is -2.59. The van der Waals surface area contributed by atoms with E-state index in [1.54, 1.807) is 0 Å². The van der Waals surface area contributed by atoms with Crippen LogP contribution in [-0.4, -0.2) is 89.0 Å². The van der Waals surface area contributed by atoms with E-state index in [1.165, 1.54) is 83.5 Å². The van der Waals surface area contributed by atoms with E-state index < -0.39 is 49.4 Å².